The summed E-state index contributed by atoms with van der Waals surface area (Å²) in [4.78, 5) is 0. The number of allylic oxidation sites excluding steroid dienone is 2. The van der Waals surface area contributed by atoms with E-state index in [9.17, 15) is 5.11 Å². The third kappa shape index (κ3) is 3.34. The van der Waals surface area contributed by atoms with Gasteiger partial charge in [0, 0.05) is 0 Å². The molecule has 0 aromatic carbocycles. The van der Waals surface area contributed by atoms with Gasteiger partial charge in [-0.1, -0.05) is 32.4 Å². The van der Waals surface area contributed by atoms with E-state index in [2.05, 4.69) is 33.8 Å². The molecule has 1 saturated carbocycles. The first kappa shape index (κ1) is 12.8. The summed E-state index contributed by atoms with van der Waals surface area (Å²) in [6.07, 6.45) is 7.84. The molecular weight excluding hydrogens is 184 g/mol. The zero-order valence-corrected chi connectivity index (χ0v) is 10.7. The van der Waals surface area contributed by atoms with Crippen LogP contribution in [0.1, 0.15) is 59.8 Å². The molecule has 0 aromatic heterocycles. The van der Waals surface area contributed by atoms with E-state index < -0.39 is 0 Å². The maximum Gasteiger partial charge on any atom is 0.0573 e. The van der Waals surface area contributed by atoms with Gasteiger partial charge in [-0.15, -0.1) is 0 Å². The lowest BCUT2D eigenvalue weighted by Crippen LogP contribution is -2.25. The molecule has 0 aromatic rings. The van der Waals surface area contributed by atoms with Crippen LogP contribution in [0.25, 0.3) is 0 Å². The normalized spacial score (nSPS) is 30.9. The second-order valence-corrected chi connectivity index (χ2v) is 5.70. The summed E-state index contributed by atoms with van der Waals surface area (Å²) >= 11 is 0. The second-order valence-electron chi connectivity index (χ2n) is 5.70. The highest BCUT2D eigenvalue weighted by molar-refractivity contribution is 5.00. The standard InChI is InChI=1S/C14H26O/c1-5-6-11(2)7-8-12-13(15)9-10-14(12,3)4/h6,12-13,15H,5,7-10H2,1-4H3/b11-6-. The minimum Gasteiger partial charge on any atom is -0.393 e. The highest BCUT2D eigenvalue weighted by Gasteiger charge is 2.40. The highest BCUT2D eigenvalue weighted by Crippen LogP contribution is 2.45. The maximum atomic E-state index is 9.95. The molecule has 1 fully saturated rings. The fraction of sp³-hybridized carbons (Fsp3) is 0.857. The molecule has 1 rings (SSSR count). The van der Waals surface area contributed by atoms with Crippen LogP contribution in [0.2, 0.25) is 0 Å². The van der Waals surface area contributed by atoms with Gasteiger partial charge in [0.1, 0.15) is 0 Å². The maximum absolute atomic E-state index is 9.95. The van der Waals surface area contributed by atoms with Gasteiger partial charge in [0.2, 0.25) is 0 Å². The number of aliphatic hydroxyl groups excluding tert-OH is 1. The van der Waals surface area contributed by atoms with Crippen LogP contribution in [0.4, 0.5) is 0 Å². The van der Waals surface area contributed by atoms with Gasteiger partial charge in [0.05, 0.1) is 6.10 Å². The molecule has 0 spiro atoms. The number of rotatable bonds is 4. The van der Waals surface area contributed by atoms with Crippen molar-refractivity contribution in [3.05, 3.63) is 11.6 Å². The van der Waals surface area contributed by atoms with Crippen molar-refractivity contribution in [2.45, 2.75) is 65.9 Å². The fourth-order valence-corrected chi connectivity index (χ4v) is 2.84. The van der Waals surface area contributed by atoms with Crippen LogP contribution in [0.3, 0.4) is 0 Å². The van der Waals surface area contributed by atoms with E-state index in [0.717, 1.165) is 25.7 Å². The minimum absolute atomic E-state index is 0.0607. The van der Waals surface area contributed by atoms with E-state index in [4.69, 9.17) is 0 Å². The van der Waals surface area contributed by atoms with Gasteiger partial charge >= 0.3 is 0 Å². The number of hydrogen-bond donors (Lipinski definition) is 1. The van der Waals surface area contributed by atoms with Gasteiger partial charge in [-0.05, 0) is 50.4 Å². The lowest BCUT2D eigenvalue weighted by Gasteiger charge is -2.28. The van der Waals surface area contributed by atoms with Crippen molar-refractivity contribution in [1.82, 2.24) is 0 Å². The van der Waals surface area contributed by atoms with E-state index in [1.165, 1.54) is 12.0 Å². The summed E-state index contributed by atoms with van der Waals surface area (Å²) in [6.45, 7) is 8.98. The molecule has 1 aliphatic carbocycles. The van der Waals surface area contributed by atoms with E-state index >= 15 is 0 Å². The molecule has 88 valence electrons. The predicted molar refractivity (Wildman–Crippen MR) is 65.8 cm³/mol. The Morgan fingerprint density at radius 3 is 2.60 bits per heavy atom. The van der Waals surface area contributed by atoms with Crippen molar-refractivity contribution >= 4 is 0 Å². The molecule has 0 heterocycles. The first-order valence-electron chi connectivity index (χ1n) is 6.31. The molecular formula is C14H26O. The Morgan fingerprint density at radius 1 is 1.47 bits per heavy atom. The zero-order valence-electron chi connectivity index (χ0n) is 10.7. The van der Waals surface area contributed by atoms with Gasteiger partial charge in [-0.3, -0.25) is 0 Å². The van der Waals surface area contributed by atoms with E-state index in [1.807, 2.05) is 0 Å². The molecule has 1 nitrogen and oxygen atoms in total. The SMILES string of the molecule is CC/C=C(/C)CCC1C(O)CCC1(C)C. The number of aliphatic hydroxyl groups is 1. The zero-order chi connectivity index (χ0) is 11.5. The third-order valence-electron chi connectivity index (χ3n) is 3.95. The van der Waals surface area contributed by atoms with Crippen LogP contribution >= 0.6 is 0 Å². The molecule has 15 heavy (non-hydrogen) atoms. The quantitative estimate of drug-likeness (QED) is 0.697. The second kappa shape index (κ2) is 5.16. The first-order chi connectivity index (χ1) is 6.97. The monoisotopic (exact) mass is 210 g/mol. The van der Waals surface area contributed by atoms with Crippen molar-refractivity contribution in [1.29, 1.82) is 0 Å². The summed E-state index contributed by atoms with van der Waals surface area (Å²) in [7, 11) is 0. The largest absolute Gasteiger partial charge is 0.393 e. The van der Waals surface area contributed by atoms with Crippen molar-refractivity contribution < 1.29 is 5.11 Å². The summed E-state index contributed by atoms with van der Waals surface area (Å²) < 4.78 is 0. The van der Waals surface area contributed by atoms with Crippen molar-refractivity contribution in [3.8, 4) is 0 Å². The van der Waals surface area contributed by atoms with Crippen LogP contribution in [0.5, 0.6) is 0 Å². The molecule has 0 saturated heterocycles. The van der Waals surface area contributed by atoms with Crippen molar-refractivity contribution in [3.63, 3.8) is 0 Å². The van der Waals surface area contributed by atoms with Gasteiger partial charge in [-0.25, -0.2) is 0 Å². The Labute approximate surface area is 94.6 Å². The van der Waals surface area contributed by atoms with E-state index in [0.29, 0.717) is 11.3 Å². The smallest absolute Gasteiger partial charge is 0.0573 e. The van der Waals surface area contributed by atoms with Crippen LogP contribution in [0, 0.1) is 11.3 Å². The Morgan fingerprint density at radius 2 is 2.13 bits per heavy atom. The Bertz CT molecular complexity index is 227. The van der Waals surface area contributed by atoms with Crippen LogP contribution < -0.4 is 0 Å². The fourth-order valence-electron chi connectivity index (χ4n) is 2.84. The van der Waals surface area contributed by atoms with Gasteiger partial charge in [0.25, 0.3) is 0 Å². The summed E-state index contributed by atoms with van der Waals surface area (Å²) in [5, 5.41) is 9.95. The lowest BCUT2D eigenvalue weighted by molar-refractivity contribution is 0.0872. The highest BCUT2D eigenvalue weighted by atomic mass is 16.3. The van der Waals surface area contributed by atoms with Gasteiger partial charge in [0.15, 0.2) is 0 Å². The van der Waals surface area contributed by atoms with Crippen LogP contribution in [-0.4, -0.2) is 11.2 Å². The molecule has 0 aliphatic heterocycles. The third-order valence-corrected chi connectivity index (χ3v) is 3.95. The van der Waals surface area contributed by atoms with Crippen LogP contribution in [0.15, 0.2) is 11.6 Å². The van der Waals surface area contributed by atoms with Gasteiger partial charge in [-0.2, -0.15) is 0 Å². The molecule has 0 bridgehead atoms. The minimum atomic E-state index is -0.0607. The molecule has 2 unspecified atom stereocenters. The Kier molecular flexibility index (Phi) is 4.39. The Balaban J connectivity index is 2.47. The first-order valence-corrected chi connectivity index (χ1v) is 6.31. The molecule has 1 N–H and O–H groups in total. The lowest BCUT2D eigenvalue weighted by atomic mass is 9.78. The summed E-state index contributed by atoms with van der Waals surface area (Å²) in [5.74, 6) is 0.498. The van der Waals surface area contributed by atoms with Crippen molar-refractivity contribution in [2.75, 3.05) is 0 Å². The molecule has 1 aliphatic rings. The van der Waals surface area contributed by atoms with E-state index in [1.54, 1.807) is 0 Å². The topological polar surface area (TPSA) is 20.2 Å². The molecule has 0 amide bonds. The average Bonchev–Trinajstić information content (AvgIpc) is 2.39. The average molecular weight is 210 g/mol. The molecule has 2 atom stereocenters. The summed E-state index contributed by atoms with van der Waals surface area (Å²) in [6, 6.07) is 0. The van der Waals surface area contributed by atoms with Gasteiger partial charge < -0.3 is 5.11 Å². The van der Waals surface area contributed by atoms with E-state index in [-0.39, 0.29) is 6.10 Å². The Hall–Kier alpha value is -0.300. The predicted octanol–water partition coefficient (Wildman–Crippen LogP) is 3.92. The molecule has 0 radical (unpaired) electrons. The summed E-state index contributed by atoms with van der Waals surface area (Å²) in [5.41, 5.74) is 1.82. The van der Waals surface area contributed by atoms with Crippen molar-refractivity contribution in [2.24, 2.45) is 11.3 Å². The molecule has 1 heteroatoms. The van der Waals surface area contributed by atoms with Crippen LogP contribution in [-0.2, 0) is 0 Å². The number of hydrogen-bond acceptors (Lipinski definition) is 1.